The van der Waals surface area contributed by atoms with E-state index in [4.69, 9.17) is 9.84 Å². The third-order valence-corrected chi connectivity index (χ3v) is 5.46. The van der Waals surface area contributed by atoms with Crippen LogP contribution >= 0.6 is 11.3 Å². The van der Waals surface area contributed by atoms with Crippen LogP contribution in [-0.2, 0) is 17.7 Å². The van der Waals surface area contributed by atoms with Crippen molar-refractivity contribution in [3.63, 3.8) is 0 Å². The summed E-state index contributed by atoms with van der Waals surface area (Å²) in [6, 6.07) is 2.04. The van der Waals surface area contributed by atoms with Gasteiger partial charge >= 0.3 is 0 Å². The maximum absolute atomic E-state index is 13.3. The summed E-state index contributed by atoms with van der Waals surface area (Å²) < 4.78 is 7.35. The van der Waals surface area contributed by atoms with Crippen molar-refractivity contribution in [3.8, 4) is 0 Å². The molecule has 0 bridgehead atoms. The Labute approximate surface area is 161 Å². The molecule has 3 aromatic rings. The molecular formula is C19H22N4O3S. The summed E-state index contributed by atoms with van der Waals surface area (Å²) in [5.74, 6) is -0.0888. The lowest BCUT2D eigenvalue weighted by atomic mass is 10.2. The normalized spacial score (nSPS) is 16.9. The predicted octanol–water partition coefficient (Wildman–Crippen LogP) is 2.15. The fourth-order valence-corrected chi connectivity index (χ4v) is 4.01. The van der Waals surface area contributed by atoms with Crippen LogP contribution in [0.5, 0.6) is 0 Å². The molecule has 1 aliphatic rings. The molecule has 0 spiro atoms. The number of aliphatic hydroxyl groups excluding tert-OH is 1. The number of hydrogen-bond acceptors (Lipinski definition) is 6. The number of nitrogens with zero attached hydrogens (tertiary/aromatic N) is 4. The Morgan fingerprint density at radius 2 is 2.33 bits per heavy atom. The van der Waals surface area contributed by atoms with E-state index in [2.05, 4.69) is 15.5 Å². The van der Waals surface area contributed by atoms with Crippen LogP contribution in [-0.4, -0.2) is 56.4 Å². The lowest BCUT2D eigenvalue weighted by Crippen LogP contribution is -2.36. The molecule has 8 heteroatoms. The maximum Gasteiger partial charge on any atom is 0.259 e. The topological polar surface area (TPSA) is 80.0 Å². The largest absolute Gasteiger partial charge is 0.396 e. The van der Waals surface area contributed by atoms with Crippen LogP contribution in [0.2, 0.25) is 0 Å². The highest BCUT2D eigenvalue weighted by Crippen LogP contribution is 2.20. The first-order chi connectivity index (χ1) is 13.2. The minimum Gasteiger partial charge on any atom is -0.396 e. The van der Waals surface area contributed by atoms with Crippen LogP contribution in [0.15, 0.2) is 35.4 Å². The lowest BCUT2D eigenvalue weighted by Gasteiger charge is -2.25. The zero-order chi connectivity index (χ0) is 18.6. The quantitative estimate of drug-likeness (QED) is 0.673. The summed E-state index contributed by atoms with van der Waals surface area (Å²) in [4.78, 5) is 19.5. The van der Waals surface area contributed by atoms with Gasteiger partial charge in [0.05, 0.1) is 12.3 Å². The Bertz CT molecular complexity index is 903. The molecule has 1 unspecified atom stereocenters. The average Bonchev–Trinajstić information content (AvgIpc) is 3.43. The van der Waals surface area contributed by atoms with E-state index in [1.807, 2.05) is 16.3 Å². The molecule has 1 N–H and O–H groups in total. The van der Waals surface area contributed by atoms with Gasteiger partial charge in [0.25, 0.3) is 5.91 Å². The van der Waals surface area contributed by atoms with Crippen LogP contribution in [0.25, 0.3) is 5.65 Å². The number of amides is 1. The van der Waals surface area contributed by atoms with E-state index in [0.717, 1.165) is 30.6 Å². The number of carbonyl (C=O) groups is 1. The molecular weight excluding hydrogens is 364 g/mol. The molecule has 3 aromatic heterocycles. The molecule has 1 atom stereocenters. The van der Waals surface area contributed by atoms with Gasteiger partial charge in [-0.3, -0.25) is 4.79 Å². The lowest BCUT2D eigenvalue weighted by molar-refractivity contribution is 0.0509. The number of aliphatic hydroxyl groups is 1. The van der Waals surface area contributed by atoms with E-state index in [1.54, 1.807) is 34.4 Å². The number of carbonyl (C=O) groups excluding carboxylic acids is 1. The number of thiophene rings is 1. The first kappa shape index (κ1) is 18.1. The smallest absolute Gasteiger partial charge is 0.259 e. The molecule has 4 rings (SSSR count). The number of aromatic nitrogens is 3. The van der Waals surface area contributed by atoms with E-state index in [0.29, 0.717) is 30.7 Å². The number of fused-ring (bicyclic) bond motifs is 1. The number of rotatable bonds is 7. The van der Waals surface area contributed by atoms with Gasteiger partial charge < -0.3 is 14.7 Å². The van der Waals surface area contributed by atoms with Gasteiger partial charge in [0, 0.05) is 38.7 Å². The van der Waals surface area contributed by atoms with Gasteiger partial charge in [-0.05, 0) is 47.2 Å². The zero-order valence-electron chi connectivity index (χ0n) is 15.0. The molecule has 0 saturated carbocycles. The van der Waals surface area contributed by atoms with Crippen LogP contribution in [0.4, 0.5) is 0 Å². The Morgan fingerprint density at radius 3 is 3.07 bits per heavy atom. The molecule has 142 valence electrons. The Morgan fingerprint density at radius 1 is 1.41 bits per heavy atom. The van der Waals surface area contributed by atoms with Crippen LogP contribution in [0.1, 0.15) is 34.3 Å². The van der Waals surface area contributed by atoms with Crippen molar-refractivity contribution in [2.75, 3.05) is 19.8 Å². The number of ether oxygens (including phenoxy) is 1. The maximum atomic E-state index is 13.3. The SMILES string of the molecule is O=C(c1cnn2cc(CCO)cnc12)N(Cc1ccsc1)CC1CCCO1. The summed E-state index contributed by atoms with van der Waals surface area (Å²) in [5.41, 5.74) is 3.01. The van der Waals surface area contributed by atoms with Gasteiger partial charge in [0.1, 0.15) is 5.56 Å². The highest BCUT2D eigenvalue weighted by Gasteiger charge is 2.26. The van der Waals surface area contributed by atoms with Gasteiger partial charge in [0.2, 0.25) is 0 Å². The van der Waals surface area contributed by atoms with Crippen LogP contribution in [0, 0.1) is 0 Å². The molecule has 1 amide bonds. The molecule has 4 heterocycles. The molecule has 27 heavy (non-hydrogen) atoms. The minimum atomic E-state index is -0.0888. The standard InChI is InChI=1S/C19H22N4O3S/c24-5-3-14-8-20-18-17(9-21-23(18)11-14)19(25)22(10-15-4-7-27-13-15)12-16-2-1-6-26-16/h4,7-9,11,13,16,24H,1-3,5-6,10,12H2. The summed E-state index contributed by atoms with van der Waals surface area (Å²) >= 11 is 1.62. The summed E-state index contributed by atoms with van der Waals surface area (Å²) in [5, 5.41) is 17.5. The van der Waals surface area contributed by atoms with Crippen molar-refractivity contribution >= 4 is 22.9 Å². The van der Waals surface area contributed by atoms with Crippen molar-refractivity contribution < 1.29 is 14.6 Å². The minimum absolute atomic E-state index is 0.0516. The van der Waals surface area contributed by atoms with E-state index in [-0.39, 0.29) is 18.6 Å². The van der Waals surface area contributed by atoms with Gasteiger partial charge in [-0.15, -0.1) is 0 Å². The Kier molecular flexibility index (Phi) is 5.47. The summed E-state index contributed by atoms with van der Waals surface area (Å²) in [6.07, 6.45) is 7.67. The van der Waals surface area contributed by atoms with E-state index in [1.165, 1.54) is 0 Å². The molecule has 1 aliphatic heterocycles. The van der Waals surface area contributed by atoms with Crippen molar-refractivity contribution in [1.29, 1.82) is 0 Å². The first-order valence-corrected chi connectivity index (χ1v) is 10.0. The van der Waals surface area contributed by atoms with Gasteiger partial charge in [0.15, 0.2) is 5.65 Å². The summed E-state index contributed by atoms with van der Waals surface area (Å²) in [7, 11) is 0. The van der Waals surface area contributed by atoms with Crippen molar-refractivity contribution in [2.45, 2.75) is 31.9 Å². The highest BCUT2D eigenvalue weighted by molar-refractivity contribution is 7.07. The Balaban J connectivity index is 1.60. The van der Waals surface area contributed by atoms with Crippen molar-refractivity contribution in [2.24, 2.45) is 0 Å². The fourth-order valence-electron chi connectivity index (χ4n) is 3.35. The average molecular weight is 386 g/mol. The van der Waals surface area contributed by atoms with E-state index >= 15 is 0 Å². The molecule has 0 aromatic carbocycles. The van der Waals surface area contributed by atoms with Crippen LogP contribution in [0.3, 0.4) is 0 Å². The molecule has 1 saturated heterocycles. The molecule has 0 radical (unpaired) electrons. The van der Waals surface area contributed by atoms with Gasteiger partial charge in [-0.25, -0.2) is 9.50 Å². The number of hydrogen-bond donors (Lipinski definition) is 1. The fraction of sp³-hybridized carbons (Fsp3) is 0.421. The van der Waals surface area contributed by atoms with Crippen molar-refractivity contribution in [1.82, 2.24) is 19.5 Å². The van der Waals surface area contributed by atoms with Gasteiger partial charge in [-0.2, -0.15) is 16.4 Å². The predicted molar refractivity (Wildman–Crippen MR) is 102 cm³/mol. The third kappa shape index (κ3) is 4.02. The second-order valence-corrected chi connectivity index (χ2v) is 7.49. The third-order valence-electron chi connectivity index (χ3n) is 4.73. The summed E-state index contributed by atoms with van der Waals surface area (Å²) in [6.45, 7) is 1.92. The second-order valence-electron chi connectivity index (χ2n) is 6.71. The zero-order valence-corrected chi connectivity index (χ0v) is 15.8. The molecule has 0 aliphatic carbocycles. The first-order valence-electron chi connectivity index (χ1n) is 9.09. The van der Waals surface area contributed by atoms with Gasteiger partial charge in [-0.1, -0.05) is 0 Å². The van der Waals surface area contributed by atoms with Crippen LogP contribution < -0.4 is 0 Å². The second kappa shape index (κ2) is 8.16. The molecule has 7 nitrogen and oxygen atoms in total. The highest BCUT2D eigenvalue weighted by atomic mass is 32.1. The van der Waals surface area contributed by atoms with E-state index in [9.17, 15) is 4.79 Å². The van der Waals surface area contributed by atoms with E-state index < -0.39 is 0 Å². The molecule has 1 fully saturated rings. The van der Waals surface area contributed by atoms with Crippen molar-refractivity contribution in [3.05, 3.63) is 52.1 Å². The monoisotopic (exact) mass is 386 g/mol. The Hall–Kier alpha value is -2.29.